The first-order chi connectivity index (χ1) is 5.74. The van der Waals surface area contributed by atoms with Gasteiger partial charge in [-0.3, -0.25) is 0 Å². The Morgan fingerprint density at radius 1 is 1.67 bits per heavy atom. The lowest BCUT2D eigenvalue weighted by Gasteiger charge is -1.97. The molecule has 0 fully saturated rings. The van der Waals surface area contributed by atoms with Crippen molar-refractivity contribution in [1.29, 1.82) is 0 Å². The van der Waals surface area contributed by atoms with Crippen molar-refractivity contribution in [1.82, 2.24) is 4.98 Å². The summed E-state index contributed by atoms with van der Waals surface area (Å²) in [5.74, 6) is 0. The summed E-state index contributed by atoms with van der Waals surface area (Å²) in [7, 11) is 0. The Bertz CT molecular complexity index is 297. The molecule has 0 amide bonds. The summed E-state index contributed by atoms with van der Waals surface area (Å²) < 4.78 is 0. The molecule has 64 valence electrons. The molecular formula is C9H9BrClN. The average Bonchev–Trinajstić information content (AvgIpc) is 2.07. The van der Waals surface area contributed by atoms with E-state index in [1.807, 2.05) is 25.1 Å². The number of hydrogen-bond donors (Lipinski definition) is 0. The van der Waals surface area contributed by atoms with Crippen molar-refractivity contribution in [3.63, 3.8) is 0 Å². The van der Waals surface area contributed by atoms with E-state index >= 15 is 0 Å². The highest BCUT2D eigenvalue weighted by atomic mass is 79.9. The first-order valence-electron chi connectivity index (χ1n) is 3.58. The zero-order valence-electron chi connectivity index (χ0n) is 6.72. The molecular weight excluding hydrogens is 237 g/mol. The van der Waals surface area contributed by atoms with Gasteiger partial charge in [0.15, 0.2) is 0 Å². The van der Waals surface area contributed by atoms with Crippen molar-refractivity contribution in [3.05, 3.63) is 34.6 Å². The molecule has 12 heavy (non-hydrogen) atoms. The van der Waals surface area contributed by atoms with E-state index in [9.17, 15) is 0 Å². The van der Waals surface area contributed by atoms with Crippen molar-refractivity contribution in [3.8, 4) is 0 Å². The van der Waals surface area contributed by atoms with Crippen LogP contribution in [0, 0.1) is 6.92 Å². The van der Waals surface area contributed by atoms with Gasteiger partial charge < -0.3 is 0 Å². The van der Waals surface area contributed by atoms with Gasteiger partial charge in [0.2, 0.25) is 0 Å². The Labute approximate surface area is 85.6 Å². The summed E-state index contributed by atoms with van der Waals surface area (Å²) in [6, 6.07) is 2.01. The molecule has 0 aliphatic carbocycles. The van der Waals surface area contributed by atoms with Crippen molar-refractivity contribution >= 4 is 33.6 Å². The molecule has 1 aromatic rings. The maximum absolute atomic E-state index is 5.85. The largest absolute Gasteiger partial charge is 0.244 e. The van der Waals surface area contributed by atoms with Gasteiger partial charge in [-0.1, -0.05) is 39.7 Å². The van der Waals surface area contributed by atoms with Crippen LogP contribution in [-0.2, 0) is 0 Å². The van der Waals surface area contributed by atoms with Crippen LogP contribution >= 0.6 is 27.5 Å². The van der Waals surface area contributed by atoms with Gasteiger partial charge in [-0.2, -0.15) is 0 Å². The quantitative estimate of drug-likeness (QED) is 0.575. The monoisotopic (exact) mass is 245 g/mol. The van der Waals surface area contributed by atoms with Gasteiger partial charge in [-0.15, -0.1) is 0 Å². The fourth-order valence-electron chi connectivity index (χ4n) is 0.864. The van der Waals surface area contributed by atoms with Gasteiger partial charge in [0.25, 0.3) is 0 Å². The molecule has 1 nitrogen and oxygen atoms in total. The number of hydrogen-bond acceptors (Lipinski definition) is 1. The number of halogens is 2. The predicted molar refractivity (Wildman–Crippen MR) is 56.8 cm³/mol. The highest BCUT2D eigenvalue weighted by Gasteiger charge is 1.96. The fraction of sp³-hybridized carbons (Fsp3) is 0.222. The van der Waals surface area contributed by atoms with E-state index in [2.05, 4.69) is 20.9 Å². The Kier molecular flexibility index (Phi) is 3.76. The van der Waals surface area contributed by atoms with E-state index in [4.69, 9.17) is 11.6 Å². The van der Waals surface area contributed by atoms with Crippen molar-refractivity contribution in [2.45, 2.75) is 6.92 Å². The summed E-state index contributed by atoms with van der Waals surface area (Å²) in [6.07, 6.45) is 5.70. The number of rotatable bonds is 2. The van der Waals surface area contributed by atoms with Crippen LogP contribution in [0.25, 0.3) is 6.08 Å². The van der Waals surface area contributed by atoms with Crippen LogP contribution in [0.5, 0.6) is 0 Å². The third kappa shape index (κ3) is 2.61. The Hall–Kier alpha value is -0.340. The summed E-state index contributed by atoms with van der Waals surface area (Å²) in [5, 5.41) is 1.38. The molecule has 0 bridgehead atoms. The second kappa shape index (κ2) is 4.63. The Balaban J connectivity index is 2.97. The maximum Gasteiger partial charge on any atom is 0.136 e. The molecule has 0 saturated carbocycles. The second-order valence-electron chi connectivity index (χ2n) is 2.45. The van der Waals surface area contributed by atoms with E-state index in [1.165, 1.54) is 0 Å². The second-order valence-corrected chi connectivity index (χ2v) is 3.45. The van der Waals surface area contributed by atoms with E-state index in [1.54, 1.807) is 6.20 Å². The number of nitrogens with zero attached hydrogens (tertiary/aromatic N) is 1. The number of allylic oxidation sites excluding steroid dienone is 1. The molecule has 3 heteroatoms. The topological polar surface area (TPSA) is 12.9 Å². The number of alkyl halides is 1. The standard InChI is InChI=1S/C9H9BrClN/c1-7-5-8(3-2-4-10)9(11)12-6-7/h2-3,5-6H,4H2,1H3. The van der Waals surface area contributed by atoms with Gasteiger partial charge >= 0.3 is 0 Å². The minimum Gasteiger partial charge on any atom is -0.244 e. The summed E-state index contributed by atoms with van der Waals surface area (Å²) in [5.41, 5.74) is 2.09. The van der Waals surface area contributed by atoms with E-state index in [-0.39, 0.29) is 0 Å². The molecule has 0 N–H and O–H groups in total. The average molecular weight is 247 g/mol. The lowest BCUT2D eigenvalue weighted by Crippen LogP contribution is -1.82. The summed E-state index contributed by atoms with van der Waals surface area (Å²) in [4.78, 5) is 4.03. The Morgan fingerprint density at radius 3 is 3.08 bits per heavy atom. The first kappa shape index (κ1) is 9.75. The van der Waals surface area contributed by atoms with Gasteiger partial charge in [0.1, 0.15) is 5.15 Å². The summed E-state index contributed by atoms with van der Waals surface area (Å²) >= 11 is 9.15. The lowest BCUT2D eigenvalue weighted by molar-refractivity contribution is 1.26. The third-order valence-electron chi connectivity index (χ3n) is 1.39. The molecule has 0 aliphatic heterocycles. The molecule has 0 saturated heterocycles. The van der Waals surface area contributed by atoms with E-state index in [0.29, 0.717) is 5.15 Å². The smallest absolute Gasteiger partial charge is 0.136 e. The number of aromatic nitrogens is 1. The van der Waals surface area contributed by atoms with Gasteiger partial charge in [-0.25, -0.2) is 4.98 Å². The molecule has 1 heterocycles. The highest BCUT2D eigenvalue weighted by Crippen LogP contribution is 2.15. The van der Waals surface area contributed by atoms with E-state index in [0.717, 1.165) is 16.5 Å². The van der Waals surface area contributed by atoms with Gasteiger partial charge in [-0.05, 0) is 18.6 Å². The van der Waals surface area contributed by atoms with Crippen LogP contribution in [0.1, 0.15) is 11.1 Å². The minimum absolute atomic E-state index is 0.554. The molecule has 1 rings (SSSR count). The predicted octanol–water partition coefficient (Wildman–Crippen LogP) is 3.45. The van der Waals surface area contributed by atoms with Crippen LogP contribution in [0.3, 0.4) is 0 Å². The normalized spacial score (nSPS) is 10.9. The minimum atomic E-state index is 0.554. The molecule has 0 aliphatic rings. The van der Waals surface area contributed by atoms with Gasteiger partial charge in [0.05, 0.1) is 0 Å². The molecule has 0 spiro atoms. The van der Waals surface area contributed by atoms with Crippen LogP contribution in [0.4, 0.5) is 0 Å². The highest BCUT2D eigenvalue weighted by molar-refractivity contribution is 9.09. The Morgan fingerprint density at radius 2 is 2.42 bits per heavy atom. The fourth-order valence-corrected chi connectivity index (χ4v) is 1.22. The molecule has 0 radical (unpaired) electrons. The number of aryl methyl sites for hydroxylation is 1. The zero-order chi connectivity index (χ0) is 8.97. The van der Waals surface area contributed by atoms with Crippen molar-refractivity contribution < 1.29 is 0 Å². The number of pyridine rings is 1. The van der Waals surface area contributed by atoms with Crippen LogP contribution in [0.15, 0.2) is 18.3 Å². The molecule has 0 atom stereocenters. The first-order valence-corrected chi connectivity index (χ1v) is 5.08. The molecule has 0 aromatic carbocycles. The van der Waals surface area contributed by atoms with Crippen LogP contribution in [-0.4, -0.2) is 10.3 Å². The van der Waals surface area contributed by atoms with Crippen LogP contribution in [0.2, 0.25) is 5.15 Å². The van der Waals surface area contributed by atoms with Gasteiger partial charge in [0, 0.05) is 17.1 Å². The zero-order valence-corrected chi connectivity index (χ0v) is 9.06. The van der Waals surface area contributed by atoms with Crippen molar-refractivity contribution in [2.24, 2.45) is 0 Å². The summed E-state index contributed by atoms with van der Waals surface area (Å²) in [6.45, 7) is 1.99. The van der Waals surface area contributed by atoms with Crippen molar-refractivity contribution in [2.75, 3.05) is 5.33 Å². The lowest BCUT2D eigenvalue weighted by atomic mass is 10.2. The maximum atomic E-state index is 5.85. The molecule has 1 aromatic heterocycles. The third-order valence-corrected chi connectivity index (χ3v) is 2.08. The SMILES string of the molecule is Cc1cnc(Cl)c(C=CCBr)c1. The van der Waals surface area contributed by atoms with Crippen LogP contribution < -0.4 is 0 Å². The molecule has 0 unspecified atom stereocenters. The van der Waals surface area contributed by atoms with E-state index < -0.39 is 0 Å².